The Kier molecular flexibility index (Phi) is 5.75. The Balaban J connectivity index is 1.93. The number of ether oxygens (including phenoxy) is 2. The Labute approximate surface area is 126 Å². The molecule has 1 saturated heterocycles. The molecule has 1 aliphatic heterocycles. The molecule has 21 heavy (non-hydrogen) atoms. The van der Waals surface area contributed by atoms with Crippen molar-refractivity contribution in [2.24, 2.45) is 0 Å². The molecular weight excluding hydrogens is 292 g/mol. The summed E-state index contributed by atoms with van der Waals surface area (Å²) in [6.07, 6.45) is 2.54. The minimum absolute atomic E-state index is 0.00933. The van der Waals surface area contributed by atoms with Crippen molar-refractivity contribution in [2.45, 2.75) is 50.2 Å². The van der Waals surface area contributed by atoms with Crippen molar-refractivity contribution >= 4 is 10.1 Å². The zero-order valence-electron chi connectivity index (χ0n) is 12.4. The van der Waals surface area contributed by atoms with E-state index in [1.54, 1.807) is 24.3 Å². The molecule has 1 aromatic rings. The van der Waals surface area contributed by atoms with Crippen molar-refractivity contribution in [3.05, 3.63) is 29.8 Å². The lowest BCUT2D eigenvalue weighted by Gasteiger charge is -2.16. The summed E-state index contributed by atoms with van der Waals surface area (Å²) >= 11 is 0. The first kappa shape index (κ1) is 16.4. The highest BCUT2D eigenvalue weighted by Crippen LogP contribution is 2.21. The van der Waals surface area contributed by atoms with Crippen molar-refractivity contribution < 1.29 is 22.1 Å². The Hall–Kier alpha value is -0.950. The largest absolute Gasteiger partial charge is 0.349 e. The summed E-state index contributed by atoms with van der Waals surface area (Å²) in [5.74, 6) is 0. The van der Waals surface area contributed by atoms with Gasteiger partial charge in [-0.25, -0.2) is 0 Å². The minimum Gasteiger partial charge on any atom is -0.349 e. The number of aryl methyl sites for hydroxylation is 1. The van der Waals surface area contributed by atoms with Crippen LogP contribution in [-0.4, -0.2) is 34.0 Å². The van der Waals surface area contributed by atoms with Crippen LogP contribution < -0.4 is 0 Å². The van der Waals surface area contributed by atoms with Crippen LogP contribution in [0.3, 0.4) is 0 Å². The molecule has 0 bridgehead atoms. The fourth-order valence-corrected chi connectivity index (χ4v) is 3.11. The summed E-state index contributed by atoms with van der Waals surface area (Å²) < 4.78 is 40.2. The van der Waals surface area contributed by atoms with Crippen LogP contribution >= 0.6 is 0 Å². The lowest BCUT2D eigenvalue weighted by Crippen LogP contribution is -2.29. The van der Waals surface area contributed by atoms with Crippen LogP contribution in [0.4, 0.5) is 0 Å². The Morgan fingerprint density at radius 2 is 1.86 bits per heavy atom. The molecule has 1 fully saturated rings. The molecule has 0 aromatic heterocycles. The van der Waals surface area contributed by atoms with Crippen molar-refractivity contribution in [3.63, 3.8) is 0 Å². The molecule has 0 amide bonds. The standard InChI is InChI=1S/C15H22O5S/c1-3-4-5-14-15(19-11-18-14)10-20-21(16,17)13-8-6-12(2)7-9-13/h6-9,14-15H,3-5,10-11H2,1-2H3/t14-,15-/m1/s1. The monoisotopic (exact) mass is 314 g/mol. The topological polar surface area (TPSA) is 61.8 Å². The maximum atomic E-state index is 12.1. The minimum atomic E-state index is -3.74. The highest BCUT2D eigenvalue weighted by Gasteiger charge is 2.30. The molecule has 0 spiro atoms. The van der Waals surface area contributed by atoms with Crippen LogP contribution in [0.5, 0.6) is 0 Å². The van der Waals surface area contributed by atoms with E-state index in [1.807, 2.05) is 6.92 Å². The van der Waals surface area contributed by atoms with Crippen LogP contribution in [0, 0.1) is 6.92 Å². The van der Waals surface area contributed by atoms with Gasteiger partial charge in [-0.05, 0) is 25.5 Å². The summed E-state index contributed by atoms with van der Waals surface area (Å²) in [4.78, 5) is 0.164. The van der Waals surface area contributed by atoms with E-state index in [9.17, 15) is 8.42 Å². The number of unbranched alkanes of at least 4 members (excludes halogenated alkanes) is 1. The molecule has 2 atom stereocenters. The van der Waals surface area contributed by atoms with Crippen LogP contribution in [0.2, 0.25) is 0 Å². The Bertz CT molecular complexity index is 538. The first-order valence-corrected chi connectivity index (χ1v) is 8.63. The average Bonchev–Trinajstić information content (AvgIpc) is 2.91. The second-order valence-corrected chi connectivity index (χ2v) is 6.84. The molecule has 0 radical (unpaired) electrons. The lowest BCUT2D eigenvalue weighted by molar-refractivity contribution is 0.0299. The molecule has 0 unspecified atom stereocenters. The maximum Gasteiger partial charge on any atom is 0.297 e. The molecule has 1 aromatic carbocycles. The van der Waals surface area contributed by atoms with Gasteiger partial charge in [0.1, 0.15) is 12.9 Å². The number of benzene rings is 1. The summed E-state index contributed by atoms with van der Waals surface area (Å²) in [6, 6.07) is 6.58. The molecule has 118 valence electrons. The molecule has 2 rings (SSSR count). The fourth-order valence-electron chi connectivity index (χ4n) is 2.19. The van der Waals surface area contributed by atoms with E-state index in [1.165, 1.54) is 0 Å². The smallest absolute Gasteiger partial charge is 0.297 e. The molecule has 0 aliphatic carbocycles. The summed E-state index contributed by atoms with van der Waals surface area (Å²) in [7, 11) is -3.74. The van der Waals surface area contributed by atoms with Gasteiger partial charge in [-0.2, -0.15) is 8.42 Å². The van der Waals surface area contributed by atoms with Crippen LogP contribution in [0.15, 0.2) is 29.2 Å². The van der Waals surface area contributed by atoms with E-state index < -0.39 is 10.1 Å². The molecule has 0 N–H and O–H groups in total. The fraction of sp³-hybridized carbons (Fsp3) is 0.600. The predicted molar refractivity (Wildman–Crippen MR) is 78.5 cm³/mol. The summed E-state index contributed by atoms with van der Waals surface area (Å²) in [6.45, 7) is 4.19. The summed E-state index contributed by atoms with van der Waals surface area (Å²) in [5, 5.41) is 0. The van der Waals surface area contributed by atoms with Crippen molar-refractivity contribution in [1.82, 2.24) is 0 Å². The van der Waals surface area contributed by atoms with E-state index in [0.29, 0.717) is 0 Å². The molecule has 1 heterocycles. The van der Waals surface area contributed by atoms with Crippen LogP contribution in [-0.2, 0) is 23.8 Å². The van der Waals surface area contributed by atoms with Gasteiger partial charge in [0.25, 0.3) is 10.1 Å². The molecule has 5 nitrogen and oxygen atoms in total. The van der Waals surface area contributed by atoms with Crippen molar-refractivity contribution in [3.8, 4) is 0 Å². The first-order valence-electron chi connectivity index (χ1n) is 7.22. The zero-order chi connectivity index (χ0) is 15.3. The second kappa shape index (κ2) is 7.35. The van der Waals surface area contributed by atoms with E-state index in [0.717, 1.165) is 24.8 Å². The summed E-state index contributed by atoms with van der Waals surface area (Å²) in [5.41, 5.74) is 1.00. The highest BCUT2D eigenvalue weighted by molar-refractivity contribution is 7.86. The van der Waals surface area contributed by atoms with Gasteiger partial charge in [-0.3, -0.25) is 4.18 Å². The Morgan fingerprint density at radius 3 is 2.52 bits per heavy atom. The van der Waals surface area contributed by atoms with Crippen LogP contribution in [0.25, 0.3) is 0 Å². The molecule has 1 aliphatic rings. The van der Waals surface area contributed by atoms with Gasteiger partial charge in [0.05, 0.1) is 17.6 Å². The van der Waals surface area contributed by atoms with Gasteiger partial charge < -0.3 is 9.47 Å². The lowest BCUT2D eigenvalue weighted by atomic mass is 10.1. The predicted octanol–water partition coefficient (Wildman–Crippen LogP) is 2.63. The first-order chi connectivity index (χ1) is 10.0. The number of hydrogen-bond acceptors (Lipinski definition) is 5. The van der Waals surface area contributed by atoms with E-state index in [2.05, 4.69) is 6.92 Å². The molecular formula is C15H22O5S. The van der Waals surface area contributed by atoms with Gasteiger partial charge in [-0.1, -0.05) is 37.5 Å². The maximum absolute atomic E-state index is 12.1. The van der Waals surface area contributed by atoms with Gasteiger partial charge in [0.2, 0.25) is 0 Å². The van der Waals surface area contributed by atoms with Gasteiger partial charge >= 0.3 is 0 Å². The second-order valence-electron chi connectivity index (χ2n) is 5.22. The van der Waals surface area contributed by atoms with Crippen molar-refractivity contribution in [2.75, 3.05) is 13.4 Å². The average molecular weight is 314 g/mol. The van der Waals surface area contributed by atoms with E-state index in [-0.39, 0.29) is 30.5 Å². The van der Waals surface area contributed by atoms with E-state index in [4.69, 9.17) is 13.7 Å². The normalized spacial score (nSPS) is 22.6. The molecule has 6 heteroatoms. The number of hydrogen-bond donors (Lipinski definition) is 0. The van der Waals surface area contributed by atoms with Crippen molar-refractivity contribution in [1.29, 1.82) is 0 Å². The van der Waals surface area contributed by atoms with Gasteiger partial charge in [0.15, 0.2) is 0 Å². The van der Waals surface area contributed by atoms with Gasteiger partial charge in [0, 0.05) is 0 Å². The third-order valence-corrected chi connectivity index (χ3v) is 4.81. The third-order valence-electron chi connectivity index (χ3n) is 3.52. The zero-order valence-corrected chi connectivity index (χ0v) is 13.3. The Morgan fingerprint density at radius 1 is 1.19 bits per heavy atom. The SMILES string of the molecule is CCCC[C@H]1OCO[C@@H]1COS(=O)(=O)c1ccc(C)cc1. The quantitative estimate of drug-likeness (QED) is 0.724. The molecule has 0 saturated carbocycles. The van der Waals surface area contributed by atoms with Crippen LogP contribution in [0.1, 0.15) is 31.7 Å². The highest BCUT2D eigenvalue weighted by atomic mass is 32.2. The third kappa shape index (κ3) is 4.51. The number of rotatable bonds is 7. The van der Waals surface area contributed by atoms with E-state index >= 15 is 0 Å². The van der Waals surface area contributed by atoms with Gasteiger partial charge in [-0.15, -0.1) is 0 Å².